The minimum atomic E-state index is -0.345. The molecule has 1 saturated carbocycles. The topological polar surface area (TPSA) is 34.1 Å². The molecule has 0 spiro atoms. The van der Waals surface area contributed by atoms with Crippen LogP contribution < -0.4 is 0 Å². The average Bonchev–Trinajstić information content (AvgIpc) is 2.30. The van der Waals surface area contributed by atoms with Gasteiger partial charge in [-0.15, -0.1) is 0 Å². The fourth-order valence-corrected chi connectivity index (χ4v) is 2.36. The van der Waals surface area contributed by atoms with E-state index in [1.165, 1.54) is 0 Å². The van der Waals surface area contributed by atoms with Crippen LogP contribution in [-0.4, -0.2) is 43.8 Å². The maximum Gasteiger partial charge on any atom is 0.168 e. The lowest BCUT2D eigenvalue weighted by atomic mass is 9.89. The van der Waals surface area contributed by atoms with Crippen LogP contribution in [-0.2, 0) is 9.47 Å². The Balaban J connectivity index is 2.48. The predicted octanol–water partition coefficient (Wildman–Crippen LogP) is 2.25. The quantitative estimate of drug-likeness (QED) is 0.411. The highest BCUT2D eigenvalue weighted by Gasteiger charge is 2.36. The van der Waals surface area contributed by atoms with Crippen molar-refractivity contribution in [1.82, 2.24) is 5.01 Å². The van der Waals surface area contributed by atoms with Gasteiger partial charge in [0.05, 0.1) is 0 Å². The zero-order valence-electron chi connectivity index (χ0n) is 10.9. The van der Waals surface area contributed by atoms with Crippen LogP contribution in [0.5, 0.6) is 0 Å². The molecule has 0 bridgehead atoms. The van der Waals surface area contributed by atoms with Crippen molar-refractivity contribution in [2.75, 3.05) is 20.8 Å². The molecule has 0 N–H and O–H groups in total. The summed E-state index contributed by atoms with van der Waals surface area (Å²) in [5.41, 5.74) is 0. The molecule has 16 heavy (non-hydrogen) atoms. The van der Waals surface area contributed by atoms with Gasteiger partial charge in [0.2, 0.25) is 0 Å². The van der Waals surface area contributed by atoms with E-state index in [4.69, 9.17) is 9.47 Å². The number of hydrogen-bond acceptors (Lipinski definition) is 4. The van der Waals surface area contributed by atoms with Crippen molar-refractivity contribution in [3.05, 3.63) is 0 Å². The van der Waals surface area contributed by atoms with Gasteiger partial charge in [0.15, 0.2) is 5.79 Å². The number of hydrazone groups is 1. The Hall–Kier alpha value is -0.610. The van der Waals surface area contributed by atoms with Gasteiger partial charge in [-0.25, -0.2) is 0 Å². The van der Waals surface area contributed by atoms with Crippen molar-refractivity contribution >= 4 is 6.21 Å². The third kappa shape index (κ3) is 3.19. The van der Waals surface area contributed by atoms with Crippen LogP contribution in [0.15, 0.2) is 5.10 Å². The zero-order chi connectivity index (χ0) is 12.0. The summed E-state index contributed by atoms with van der Waals surface area (Å²) in [6.07, 6.45) is 5.88. The lowest BCUT2D eigenvalue weighted by Gasteiger charge is -2.40. The molecular formula is C12H24N2O2. The molecule has 0 atom stereocenters. The van der Waals surface area contributed by atoms with Gasteiger partial charge in [-0.2, -0.15) is 5.10 Å². The Labute approximate surface area is 98.6 Å². The maximum absolute atomic E-state index is 5.73. The second-order valence-corrected chi connectivity index (χ2v) is 4.23. The first-order valence-electron chi connectivity index (χ1n) is 6.08. The first-order chi connectivity index (χ1) is 7.67. The van der Waals surface area contributed by atoms with Crippen LogP contribution in [0.4, 0.5) is 0 Å². The van der Waals surface area contributed by atoms with Gasteiger partial charge in [0.1, 0.15) is 0 Å². The molecule has 0 heterocycles. The molecule has 94 valence electrons. The maximum atomic E-state index is 5.73. The van der Waals surface area contributed by atoms with Gasteiger partial charge in [-0.3, -0.25) is 5.01 Å². The van der Waals surface area contributed by atoms with E-state index in [-0.39, 0.29) is 5.79 Å². The fraction of sp³-hybridized carbons (Fsp3) is 0.917. The lowest BCUT2D eigenvalue weighted by molar-refractivity contribution is -0.240. The van der Waals surface area contributed by atoms with Crippen LogP contribution in [0.25, 0.3) is 0 Å². The summed E-state index contributed by atoms with van der Waals surface area (Å²) in [5.74, 6) is -0.345. The predicted molar refractivity (Wildman–Crippen MR) is 65.6 cm³/mol. The molecule has 0 radical (unpaired) electrons. The molecule has 0 amide bonds. The second-order valence-electron chi connectivity index (χ2n) is 4.23. The molecule has 0 aromatic heterocycles. The van der Waals surface area contributed by atoms with Crippen LogP contribution in [0.3, 0.4) is 0 Å². The second kappa shape index (κ2) is 6.21. The van der Waals surface area contributed by atoms with Gasteiger partial charge >= 0.3 is 0 Å². The summed E-state index contributed by atoms with van der Waals surface area (Å²) < 4.78 is 11.3. The van der Waals surface area contributed by atoms with Gasteiger partial charge in [-0.1, -0.05) is 0 Å². The summed E-state index contributed by atoms with van der Waals surface area (Å²) in [6.45, 7) is 4.67. The molecule has 0 aromatic rings. The summed E-state index contributed by atoms with van der Waals surface area (Å²) in [7, 11) is 3.77. The lowest BCUT2D eigenvalue weighted by Crippen LogP contribution is -2.43. The Morgan fingerprint density at radius 3 is 2.50 bits per heavy atom. The van der Waals surface area contributed by atoms with Gasteiger partial charge < -0.3 is 9.47 Å². The summed E-state index contributed by atoms with van der Waals surface area (Å²) in [5, 5.41) is 6.34. The Morgan fingerprint density at radius 1 is 1.44 bits per heavy atom. The van der Waals surface area contributed by atoms with Crippen molar-refractivity contribution in [2.24, 2.45) is 5.10 Å². The van der Waals surface area contributed by atoms with Gasteiger partial charge in [0, 0.05) is 45.9 Å². The smallest absolute Gasteiger partial charge is 0.168 e. The minimum Gasteiger partial charge on any atom is -0.353 e. The Morgan fingerprint density at radius 2 is 2.06 bits per heavy atom. The summed E-state index contributed by atoms with van der Waals surface area (Å²) in [4.78, 5) is 0. The third-order valence-corrected chi connectivity index (χ3v) is 3.32. The molecule has 0 aromatic carbocycles. The molecule has 0 saturated heterocycles. The number of nitrogens with zero attached hydrogens (tertiary/aromatic N) is 2. The third-order valence-electron chi connectivity index (χ3n) is 3.32. The minimum absolute atomic E-state index is 0.345. The average molecular weight is 228 g/mol. The highest BCUT2D eigenvalue weighted by molar-refractivity contribution is 5.52. The normalized spacial score (nSPS) is 30.9. The molecule has 4 nitrogen and oxygen atoms in total. The van der Waals surface area contributed by atoms with Crippen molar-refractivity contribution in [3.63, 3.8) is 0 Å². The SMILES string of the molecule is CC=NN(C)C1CCC(OC)(OCC)CC1. The highest BCUT2D eigenvalue weighted by atomic mass is 16.7. The Bertz CT molecular complexity index is 223. The van der Waals surface area contributed by atoms with E-state index in [0.29, 0.717) is 12.6 Å². The first-order valence-corrected chi connectivity index (χ1v) is 6.08. The van der Waals surface area contributed by atoms with E-state index in [2.05, 4.69) is 5.10 Å². The fourth-order valence-electron chi connectivity index (χ4n) is 2.36. The molecule has 0 aliphatic heterocycles. The molecular weight excluding hydrogens is 204 g/mol. The monoisotopic (exact) mass is 228 g/mol. The van der Waals surface area contributed by atoms with Crippen molar-refractivity contribution in [1.29, 1.82) is 0 Å². The van der Waals surface area contributed by atoms with Crippen molar-refractivity contribution in [2.45, 2.75) is 51.4 Å². The molecule has 1 aliphatic carbocycles. The number of methoxy groups -OCH3 is 1. The summed E-state index contributed by atoms with van der Waals surface area (Å²) in [6, 6.07) is 0.514. The zero-order valence-corrected chi connectivity index (χ0v) is 10.9. The van der Waals surface area contributed by atoms with Gasteiger partial charge in [0.25, 0.3) is 0 Å². The molecule has 0 unspecified atom stereocenters. The van der Waals surface area contributed by atoms with Crippen LogP contribution in [0.2, 0.25) is 0 Å². The largest absolute Gasteiger partial charge is 0.353 e. The first kappa shape index (κ1) is 13.5. The molecule has 4 heteroatoms. The highest BCUT2D eigenvalue weighted by Crippen LogP contribution is 2.34. The standard InChI is InChI=1S/C12H24N2O2/c1-5-13-14(3)11-7-9-12(15-4,10-8-11)16-6-2/h5,11H,6-10H2,1-4H3. The number of ether oxygens (including phenoxy) is 2. The van der Waals surface area contributed by atoms with E-state index in [0.717, 1.165) is 25.7 Å². The number of hydrogen-bond donors (Lipinski definition) is 0. The summed E-state index contributed by atoms with van der Waals surface area (Å²) >= 11 is 0. The molecule has 1 aliphatic rings. The van der Waals surface area contributed by atoms with E-state index < -0.39 is 0 Å². The van der Waals surface area contributed by atoms with E-state index >= 15 is 0 Å². The van der Waals surface area contributed by atoms with E-state index in [9.17, 15) is 0 Å². The Kier molecular flexibility index (Phi) is 5.22. The van der Waals surface area contributed by atoms with Crippen molar-refractivity contribution in [3.8, 4) is 0 Å². The number of rotatable bonds is 5. The van der Waals surface area contributed by atoms with Gasteiger partial charge in [-0.05, 0) is 26.7 Å². The molecule has 1 rings (SSSR count). The van der Waals surface area contributed by atoms with Crippen LogP contribution in [0.1, 0.15) is 39.5 Å². The molecule has 1 fully saturated rings. The van der Waals surface area contributed by atoms with Crippen LogP contribution >= 0.6 is 0 Å². The van der Waals surface area contributed by atoms with Crippen molar-refractivity contribution < 1.29 is 9.47 Å². The van der Waals surface area contributed by atoms with E-state index in [1.54, 1.807) is 7.11 Å². The van der Waals surface area contributed by atoms with E-state index in [1.807, 2.05) is 32.1 Å². The van der Waals surface area contributed by atoms with Crippen LogP contribution in [0, 0.1) is 0 Å².